The molecule has 98 valence electrons. The van der Waals surface area contributed by atoms with Crippen LogP contribution < -0.4 is 11.2 Å². The van der Waals surface area contributed by atoms with Crippen molar-refractivity contribution < 1.29 is 9.63 Å². The van der Waals surface area contributed by atoms with Crippen LogP contribution in [0.25, 0.3) is 0 Å². The van der Waals surface area contributed by atoms with Crippen LogP contribution in [0.15, 0.2) is 24.3 Å². The number of anilines is 1. The normalized spacial score (nSPS) is 15.8. The molecule has 1 saturated carbocycles. The Labute approximate surface area is 107 Å². The van der Waals surface area contributed by atoms with Gasteiger partial charge in [0.05, 0.1) is 6.10 Å². The van der Waals surface area contributed by atoms with Crippen LogP contribution >= 0.6 is 0 Å². The lowest BCUT2D eigenvalue weighted by atomic mass is 10.1. The molecule has 1 aromatic rings. The molecule has 3 N–H and O–H groups in total. The number of nitrogen functional groups attached to an aromatic ring is 1. The molecule has 0 aliphatic heterocycles. The predicted molar refractivity (Wildman–Crippen MR) is 70.7 cm³/mol. The molecular formula is C14H20N2O2. The van der Waals surface area contributed by atoms with Gasteiger partial charge in [-0.15, -0.1) is 0 Å². The monoisotopic (exact) mass is 248 g/mol. The zero-order valence-corrected chi connectivity index (χ0v) is 10.5. The lowest BCUT2D eigenvalue weighted by molar-refractivity contribution is -0.138. The highest BCUT2D eigenvalue weighted by atomic mass is 16.7. The minimum atomic E-state index is -0.0567. The molecule has 0 unspecified atom stereocenters. The lowest BCUT2D eigenvalue weighted by Gasteiger charge is -2.11. The van der Waals surface area contributed by atoms with Crippen molar-refractivity contribution >= 4 is 11.6 Å². The molecule has 1 aromatic carbocycles. The quantitative estimate of drug-likeness (QED) is 0.620. The van der Waals surface area contributed by atoms with Gasteiger partial charge in [0.2, 0.25) is 5.91 Å². The Morgan fingerprint density at radius 2 is 1.94 bits per heavy atom. The van der Waals surface area contributed by atoms with E-state index in [2.05, 4.69) is 5.48 Å². The molecule has 4 heteroatoms. The summed E-state index contributed by atoms with van der Waals surface area (Å²) in [6, 6.07) is 7.59. The molecule has 0 saturated heterocycles. The molecule has 0 aromatic heterocycles. The van der Waals surface area contributed by atoms with Crippen molar-refractivity contribution in [2.45, 2.75) is 44.6 Å². The number of rotatable bonds is 5. The van der Waals surface area contributed by atoms with Gasteiger partial charge in [-0.25, -0.2) is 5.48 Å². The van der Waals surface area contributed by atoms with E-state index in [0.717, 1.165) is 24.1 Å². The fourth-order valence-corrected chi connectivity index (χ4v) is 2.15. The second kappa shape index (κ2) is 6.40. The van der Waals surface area contributed by atoms with Crippen molar-refractivity contribution in [2.24, 2.45) is 0 Å². The highest BCUT2D eigenvalue weighted by Crippen LogP contribution is 2.19. The van der Waals surface area contributed by atoms with Crippen molar-refractivity contribution in [3.05, 3.63) is 29.8 Å². The number of amides is 1. The molecule has 4 nitrogen and oxygen atoms in total. The van der Waals surface area contributed by atoms with Crippen LogP contribution in [-0.4, -0.2) is 12.0 Å². The first-order chi connectivity index (χ1) is 8.74. The maximum absolute atomic E-state index is 11.6. The Bertz CT molecular complexity index is 383. The molecular weight excluding hydrogens is 228 g/mol. The van der Waals surface area contributed by atoms with E-state index in [1.807, 2.05) is 24.3 Å². The van der Waals surface area contributed by atoms with E-state index in [1.54, 1.807) is 0 Å². The van der Waals surface area contributed by atoms with Crippen LogP contribution in [0.2, 0.25) is 0 Å². The third kappa shape index (κ3) is 4.04. The van der Waals surface area contributed by atoms with Crippen molar-refractivity contribution in [1.82, 2.24) is 5.48 Å². The number of hydrogen-bond donors (Lipinski definition) is 2. The Morgan fingerprint density at radius 3 is 2.61 bits per heavy atom. The SMILES string of the molecule is Nc1ccc(CCC(=O)NOC2CCCC2)cc1. The van der Waals surface area contributed by atoms with Crippen molar-refractivity contribution in [1.29, 1.82) is 0 Å². The number of nitrogens with one attached hydrogen (secondary N) is 1. The summed E-state index contributed by atoms with van der Waals surface area (Å²) in [4.78, 5) is 16.9. The van der Waals surface area contributed by atoms with Gasteiger partial charge in [0.25, 0.3) is 0 Å². The second-order valence-electron chi connectivity index (χ2n) is 4.79. The summed E-state index contributed by atoms with van der Waals surface area (Å²) in [6.45, 7) is 0. The third-order valence-corrected chi connectivity index (χ3v) is 3.26. The first-order valence-electron chi connectivity index (χ1n) is 6.53. The number of aryl methyl sites for hydroxylation is 1. The topological polar surface area (TPSA) is 64.4 Å². The Kier molecular flexibility index (Phi) is 4.59. The maximum atomic E-state index is 11.6. The van der Waals surface area contributed by atoms with Gasteiger partial charge in [-0.3, -0.25) is 9.63 Å². The van der Waals surface area contributed by atoms with E-state index in [9.17, 15) is 4.79 Å². The number of benzene rings is 1. The molecule has 1 aliphatic rings. The molecule has 0 heterocycles. The van der Waals surface area contributed by atoms with Crippen LogP contribution in [0.5, 0.6) is 0 Å². The van der Waals surface area contributed by atoms with Gasteiger partial charge in [0.15, 0.2) is 0 Å². The summed E-state index contributed by atoms with van der Waals surface area (Å²) in [5.41, 5.74) is 10.00. The van der Waals surface area contributed by atoms with E-state index in [4.69, 9.17) is 10.6 Å². The van der Waals surface area contributed by atoms with Gasteiger partial charge in [-0.2, -0.15) is 0 Å². The summed E-state index contributed by atoms with van der Waals surface area (Å²) >= 11 is 0. The van der Waals surface area contributed by atoms with Crippen molar-refractivity contribution in [3.63, 3.8) is 0 Å². The van der Waals surface area contributed by atoms with Gasteiger partial charge < -0.3 is 5.73 Å². The highest BCUT2D eigenvalue weighted by Gasteiger charge is 2.16. The summed E-state index contributed by atoms with van der Waals surface area (Å²) in [5, 5.41) is 0. The average Bonchev–Trinajstić information content (AvgIpc) is 2.89. The fraction of sp³-hybridized carbons (Fsp3) is 0.500. The average molecular weight is 248 g/mol. The zero-order chi connectivity index (χ0) is 12.8. The zero-order valence-electron chi connectivity index (χ0n) is 10.5. The summed E-state index contributed by atoms with van der Waals surface area (Å²) < 4.78 is 0. The van der Waals surface area contributed by atoms with Gasteiger partial charge in [-0.05, 0) is 37.0 Å². The largest absolute Gasteiger partial charge is 0.399 e. The highest BCUT2D eigenvalue weighted by molar-refractivity contribution is 5.75. The molecule has 0 bridgehead atoms. The van der Waals surface area contributed by atoms with Gasteiger partial charge in [-0.1, -0.05) is 25.0 Å². The fourth-order valence-electron chi connectivity index (χ4n) is 2.15. The maximum Gasteiger partial charge on any atom is 0.243 e. The second-order valence-corrected chi connectivity index (χ2v) is 4.79. The van der Waals surface area contributed by atoms with Crippen molar-refractivity contribution in [3.8, 4) is 0 Å². The molecule has 0 radical (unpaired) electrons. The van der Waals surface area contributed by atoms with E-state index >= 15 is 0 Å². The third-order valence-electron chi connectivity index (χ3n) is 3.26. The lowest BCUT2D eigenvalue weighted by Crippen LogP contribution is -2.28. The Hall–Kier alpha value is -1.55. The van der Waals surface area contributed by atoms with Gasteiger partial charge in [0, 0.05) is 12.1 Å². The standard InChI is InChI=1S/C14H20N2O2/c15-12-8-5-11(6-9-12)7-10-14(17)16-18-13-3-1-2-4-13/h5-6,8-9,13H,1-4,7,10,15H2,(H,16,17). The Morgan fingerprint density at radius 1 is 1.28 bits per heavy atom. The van der Waals surface area contributed by atoms with E-state index < -0.39 is 0 Å². The van der Waals surface area contributed by atoms with E-state index in [0.29, 0.717) is 12.8 Å². The van der Waals surface area contributed by atoms with Crippen LogP contribution in [0, 0.1) is 0 Å². The van der Waals surface area contributed by atoms with Crippen LogP contribution in [0.3, 0.4) is 0 Å². The minimum absolute atomic E-state index is 0.0567. The van der Waals surface area contributed by atoms with E-state index in [-0.39, 0.29) is 12.0 Å². The van der Waals surface area contributed by atoms with E-state index in [1.165, 1.54) is 12.8 Å². The minimum Gasteiger partial charge on any atom is -0.399 e. The summed E-state index contributed by atoms with van der Waals surface area (Å²) in [5.74, 6) is -0.0567. The van der Waals surface area contributed by atoms with Gasteiger partial charge >= 0.3 is 0 Å². The van der Waals surface area contributed by atoms with Gasteiger partial charge in [0.1, 0.15) is 0 Å². The predicted octanol–water partition coefficient (Wildman–Crippen LogP) is 2.19. The summed E-state index contributed by atoms with van der Waals surface area (Å²) in [7, 11) is 0. The molecule has 18 heavy (non-hydrogen) atoms. The molecule has 1 aliphatic carbocycles. The summed E-state index contributed by atoms with van der Waals surface area (Å²) in [6.07, 6.45) is 5.87. The Balaban J connectivity index is 1.66. The number of nitrogens with two attached hydrogens (primary N) is 1. The molecule has 2 rings (SSSR count). The first-order valence-corrected chi connectivity index (χ1v) is 6.53. The number of hydroxylamine groups is 1. The molecule has 1 amide bonds. The molecule has 0 atom stereocenters. The van der Waals surface area contributed by atoms with Crippen LogP contribution in [0.1, 0.15) is 37.7 Å². The van der Waals surface area contributed by atoms with Crippen molar-refractivity contribution in [2.75, 3.05) is 5.73 Å². The molecule has 0 spiro atoms. The van der Waals surface area contributed by atoms with Crippen LogP contribution in [0.4, 0.5) is 5.69 Å². The number of carbonyl (C=O) groups is 1. The van der Waals surface area contributed by atoms with Crippen LogP contribution in [-0.2, 0) is 16.1 Å². The number of hydrogen-bond acceptors (Lipinski definition) is 3. The number of carbonyl (C=O) groups excluding carboxylic acids is 1. The smallest absolute Gasteiger partial charge is 0.243 e. The first kappa shape index (κ1) is 12.9. The molecule has 1 fully saturated rings.